The fourth-order valence-electron chi connectivity index (χ4n) is 1.29. The van der Waals surface area contributed by atoms with E-state index in [1.807, 2.05) is 5.32 Å². The van der Waals surface area contributed by atoms with Crippen LogP contribution in [0.3, 0.4) is 0 Å². The van der Waals surface area contributed by atoms with Gasteiger partial charge in [0.1, 0.15) is 5.82 Å². The number of anilines is 1. The second kappa shape index (κ2) is 6.30. The first-order valence-electron chi connectivity index (χ1n) is 5.28. The number of rotatable bonds is 5. The standard InChI is InChI=1S/C10H12FN3O5S/c11-7-3-1-2-6(9(15)16)8(7)14-10(17)13-4-5-20(12,18)19/h1-3H,4-5H2,(H,15,16)(H2,12,18,19)(H2,13,14,17). The molecule has 0 atom stereocenters. The summed E-state index contributed by atoms with van der Waals surface area (Å²) in [5.74, 6) is -2.83. The summed E-state index contributed by atoms with van der Waals surface area (Å²) in [6, 6.07) is 2.34. The van der Waals surface area contributed by atoms with E-state index in [2.05, 4.69) is 5.32 Å². The summed E-state index contributed by atoms with van der Waals surface area (Å²) in [5, 5.41) is 17.7. The van der Waals surface area contributed by atoms with Crippen molar-refractivity contribution < 1.29 is 27.5 Å². The number of amides is 2. The molecule has 0 aliphatic rings. The lowest BCUT2D eigenvalue weighted by molar-refractivity contribution is 0.0697. The molecule has 0 fully saturated rings. The van der Waals surface area contributed by atoms with Crippen LogP contribution in [0.25, 0.3) is 0 Å². The molecule has 0 saturated carbocycles. The zero-order valence-corrected chi connectivity index (χ0v) is 10.9. The Morgan fingerprint density at radius 1 is 1.35 bits per heavy atom. The third-order valence-corrected chi connectivity index (χ3v) is 2.93. The zero-order chi connectivity index (χ0) is 15.3. The Labute approximate surface area is 113 Å². The van der Waals surface area contributed by atoms with E-state index in [4.69, 9.17) is 10.2 Å². The van der Waals surface area contributed by atoms with Crippen molar-refractivity contribution in [3.05, 3.63) is 29.6 Å². The van der Waals surface area contributed by atoms with Crippen LogP contribution in [0.2, 0.25) is 0 Å². The number of aromatic carboxylic acids is 1. The normalized spacial score (nSPS) is 10.9. The number of hydrogen-bond acceptors (Lipinski definition) is 4. The summed E-state index contributed by atoms with van der Waals surface area (Å²) in [6.07, 6.45) is 0. The Hall–Kier alpha value is -2.20. The molecule has 5 N–H and O–H groups in total. The van der Waals surface area contributed by atoms with Gasteiger partial charge in [0.15, 0.2) is 0 Å². The summed E-state index contributed by atoms with van der Waals surface area (Å²) in [5.41, 5.74) is -0.931. The number of carbonyl (C=O) groups excluding carboxylic acids is 1. The number of carboxylic acid groups (broad SMARTS) is 1. The third kappa shape index (κ3) is 4.82. The van der Waals surface area contributed by atoms with Gasteiger partial charge >= 0.3 is 12.0 Å². The molecular weight excluding hydrogens is 293 g/mol. The van der Waals surface area contributed by atoms with Gasteiger partial charge in [-0.15, -0.1) is 0 Å². The van der Waals surface area contributed by atoms with Crippen LogP contribution in [-0.4, -0.2) is 37.8 Å². The van der Waals surface area contributed by atoms with Crippen LogP contribution >= 0.6 is 0 Å². The molecule has 2 amide bonds. The highest BCUT2D eigenvalue weighted by molar-refractivity contribution is 7.89. The van der Waals surface area contributed by atoms with Gasteiger partial charge in [-0.05, 0) is 12.1 Å². The van der Waals surface area contributed by atoms with Gasteiger partial charge < -0.3 is 15.7 Å². The predicted molar refractivity (Wildman–Crippen MR) is 68.4 cm³/mol. The van der Waals surface area contributed by atoms with E-state index in [1.54, 1.807) is 0 Å². The zero-order valence-electron chi connectivity index (χ0n) is 10.1. The van der Waals surface area contributed by atoms with Crippen molar-refractivity contribution in [1.29, 1.82) is 0 Å². The van der Waals surface area contributed by atoms with Gasteiger partial charge in [-0.25, -0.2) is 27.5 Å². The van der Waals surface area contributed by atoms with E-state index in [9.17, 15) is 22.4 Å². The second-order valence-electron chi connectivity index (χ2n) is 3.72. The molecule has 1 rings (SSSR count). The highest BCUT2D eigenvalue weighted by atomic mass is 32.2. The van der Waals surface area contributed by atoms with Crippen molar-refractivity contribution in [2.75, 3.05) is 17.6 Å². The number of hydrogen-bond donors (Lipinski definition) is 4. The number of halogens is 1. The Balaban J connectivity index is 2.74. The summed E-state index contributed by atoms with van der Waals surface area (Å²) in [6.45, 7) is -0.290. The van der Waals surface area contributed by atoms with E-state index < -0.39 is 44.8 Å². The summed E-state index contributed by atoms with van der Waals surface area (Å²) in [4.78, 5) is 22.3. The van der Waals surface area contributed by atoms with Crippen LogP contribution in [-0.2, 0) is 10.0 Å². The molecule has 0 bridgehead atoms. The first-order valence-corrected chi connectivity index (χ1v) is 6.99. The maximum Gasteiger partial charge on any atom is 0.337 e. The number of carbonyl (C=O) groups is 2. The Morgan fingerprint density at radius 3 is 2.55 bits per heavy atom. The van der Waals surface area contributed by atoms with Crippen LogP contribution in [0.5, 0.6) is 0 Å². The van der Waals surface area contributed by atoms with Gasteiger partial charge in [0.2, 0.25) is 10.0 Å². The highest BCUT2D eigenvalue weighted by Crippen LogP contribution is 2.19. The van der Waals surface area contributed by atoms with Crippen LogP contribution in [0.1, 0.15) is 10.4 Å². The van der Waals surface area contributed by atoms with Crippen molar-refractivity contribution in [1.82, 2.24) is 5.32 Å². The van der Waals surface area contributed by atoms with E-state index in [0.717, 1.165) is 12.1 Å². The Bertz CT molecular complexity index is 632. The van der Waals surface area contributed by atoms with Crippen molar-refractivity contribution in [3.63, 3.8) is 0 Å². The molecule has 1 aromatic rings. The molecule has 0 aromatic heterocycles. The maximum absolute atomic E-state index is 13.5. The van der Waals surface area contributed by atoms with Crippen LogP contribution < -0.4 is 15.8 Å². The number of benzene rings is 1. The molecule has 10 heteroatoms. The van der Waals surface area contributed by atoms with Crippen molar-refractivity contribution >= 4 is 27.7 Å². The maximum atomic E-state index is 13.5. The molecule has 0 aliphatic heterocycles. The van der Waals surface area contributed by atoms with Gasteiger partial charge in [0, 0.05) is 6.54 Å². The third-order valence-electron chi connectivity index (χ3n) is 2.15. The van der Waals surface area contributed by atoms with Crippen molar-refractivity contribution in [3.8, 4) is 0 Å². The lowest BCUT2D eigenvalue weighted by Gasteiger charge is -2.10. The molecule has 110 valence electrons. The van der Waals surface area contributed by atoms with Crippen molar-refractivity contribution in [2.45, 2.75) is 0 Å². The van der Waals surface area contributed by atoms with E-state index in [1.165, 1.54) is 6.07 Å². The smallest absolute Gasteiger partial charge is 0.337 e. The lowest BCUT2D eigenvalue weighted by atomic mass is 10.1. The molecule has 0 radical (unpaired) electrons. The number of urea groups is 1. The minimum Gasteiger partial charge on any atom is -0.478 e. The highest BCUT2D eigenvalue weighted by Gasteiger charge is 2.16. The molecule has 0 aliphatic carbocycles. The number of nitrogens with two attached hydrogens (primary N) is 1. The van der Waals surface area contributed by atoms with Gasteiger partial charge in [-0.1, -0.05) is 6.07 Å². The molecular formula is C10H12FN3O5S. The fraction of sp³-hybridized carbons (Fsp3) is 0.200. The molecule has 8 nitrogen and oxygen atoms in total. The lowest BCUT2D eigenvalue weighted by Crippen LogP contribution is -2.35. The summed E-state index contributed by atoms with van der Waals surface area (Å²) in [7, 11) is -3.73. The average molecular weight is 305 g/mol. The molecule has 0 spiro atoms. The minimum atomic E-state index is -3.73. The first kappa shape index (κ1) is 15.9. The first-order chi connectivity index (χ1) is 9.20. The average Bonchev–Trinajstić information content (AvgIpc) is 2.29. The Morgan fingerprint density at radius 2 is 2.00 bits per heavy atom. The molecule has 1 aromatic carbocycles. The van der Waals surface area contributed by atoms with Gasteiger partial charge in [-0.3, -0.25) is 0 Å². The summed E-state index contributed by atoms with van der Waals surface area (Å²) < 4.78 is 34.7. The van der Waals surface area contributed by atoms with Gasteiger partial charge in [0.25, 0.3) is 0 Å². The Kier molecular flexibility index (Phi) is 5.00. The molecule has 20 heavy (non-hydrogen) atoms. The van der Waals surface area contributed by atoms with Crippen LogP contribution in [0.4, 0.5) is 14.9 Å². The topological polar surface area (TPSA) is 139 Å². The molecule has 0 saturated heterocycles. The molecule has 0 heterocycles. The van der Waals surface area contributed by atoms with Crippen LogP contribution in [0, 0.1) is 5.82 Å². The number of sulfonamides is 1. The van der Waals surface area contributed by atoms with Gasteiger partial charge in [0.05, 0.1) is 17.0 Å². The monoisotopic (exact) mass is 305 g/mol. The number of para-hydroxylation sites is 1. The largest absolute Gasteiger partial charge is 0.478 e. The van der Waals surface area contributed by atoms with E-state index in [-0.39, 0.29) is 6.54 Å². The van der Waals surface area contributed by atoms with Gasteiger partial charge in [-0.2, -0.15) is 0 Å². The molecule has 0 unspecified atom stereocenters. The fourth-order valence-corrected chi connectivity index (χ4v) is 1.68. The quantitative estimate of drug-likeness (QED) is 0.603. The SMILES string of the molecule is NS(=O)(=O)CCNC(=O)Nc1c(F)cccc1C(=O)O. The van der Waals surface area contributed by atoms with E-state index >= 15 is 0 Å². The number of primary sulfonamides is 1. The number of nitrogens with one attached hydrogen (secondary N) is 2. The predicted octanol–water partition coefficient (Wildman–Crippen LogP) is -0.0661. The second-order valence-corrected chi connectivity index (χ2v) is 5.45. The van der Waals surface area contributed by atoms with E-state index in [0.29, 0.717) is 0 Å². The van der Waals surface area contributed by atoms with Crippen LogP contribution in [0.15, 0.2) is 18.2 Å². The number of carboxylic acids is 1. The van der Waals surface area contributed by atoms with Crippen molar-refractivity contribution in [2.24, 2.45) is 5.14 Å². The minimum absolute atomic E-state index is 0.290. The summed E-state index contributed by atoms with van der Waals surface area (Å²) >= 11 is 0.